The maximum Gasteiger partial charge on any atom is 0.315 e. The van der Waals surface area contributed by atoms with Crippen molar-refractivity contribution in [2.24, 2.45) is 5.41 Å². The smallest absolute Gasteiger partial charge is 0.315 e. The van der Waals surface area contributed by atoms with Crippen molar-refractivity contribution in [3.63, 3.8) is 0 Å². The van der Waals surface area contributed by atoms with E-state index in [4.69, 9.17) is 4.42 Å². The predicted octanol–water partition coefficient (Wildman–Crippen LogP) is 3.87. The van der Waals surface area contributed by atoms with E-state index in [9.17, 15) is 4.79 Å². The number of furan rings is 1. The van der Waals surface area contributed by atoms with E-state index >= 15 is 0 Å². The van der Waals surface area contributed by atoms with Crippen LogP contribution in [0.3, 0.4) is 0 Å². The Hall–Kier alpha value is -1.82. The lowest BCUT2D eigenvalue weighted by atomic mass is 9.75. The molecule has 0 aromatic carbocycles. The zero-order valence-corrected chi connectivity index (χ0v) is 14.8. The summed E-state index contributed by atoms with van der Waals surface area (Å²) in [4.78, 5) is 16.6. The molecule has 0 bridgehead atoms. The molecule has 2 heterocycles. The first-order chi connectivity index (χ1) is 10.8. The van der Waals surface area contributed by atoms with Gasteiger partial charge in [-0.2, -0.15) is 0 Å². The van der Waals surface area contributed by atoms with Gasteiger partial charge in [0.2, 0.25) is 0 Å². The van der Waals surface area contributed by atoms with Gasteiger partial charge < -0.3 is 15.1 Å². The molecule has 0 spiro atoms. The second kappa shape index (κ2) is 6.00. The molecule has 6 heteroatoms. The molecule has 5 nitrogen and oxygen atoms in total. The van der Waals surface area contributed by atoms with Crippen molar-refractivity contribution in [1.29, 1.82) is 0 Å². The number of carbonyl (C=O) groups is 1. The lowest BCUT2D eigenvalue weighted by Crippen LogP contribution is -2.41. The number of aryl methyl sites for hydroxylation is 2. The lowest BCUT2D eigenvalue weighted by molar-refractivity contribution is 0.214. The minimum Gasteiger partial charge on any atom is -0.466 e. The van der Waals surface area contributed by atoms with E-state index in [2.05, 4.69) is 29.5 Å². The molecule has 23 heavy (non-hydrogen) atoms. The largest absolute Gasteiger partial charge is 0.466 e. The summed E-state index contributed by atoms with van der Waals surface area (Å²) in [5, 5.41) is 8.95. The molecule has 0 fully saturated rings. The van der Waals surface area contributed by atoms with Crippen molar-refractivity contribution >= 4 is 17.4 Å². The molecule has 0 radical (unpaired) electrons. The maximum absolute atomic E-state index is 12.2. The Balaban J connectivity index is 1.65. The molecule has 2 amide bonds. The summed E-state index contributed by atoms with van der Waals surface area (Å²) >= 11 is 1.59. The van der Waals surface area contributed by atoms with Crippen molar-refractivity contribution in [3.8, 4) is 0 Å². The molecule has 0 saturated heterocycles. The fraction of sp³-hybridized carbons (Fsp3) is 0.529. The highest BCUT2D eigenvalue weighted by Gasteiger charge is 2.35. The van der Waals surface area contributed by atoms with E-state index in [0.717, 1.165) is 40.6 Å². The fourth-order valence-electron chi connectivity index (χ4n) is 3.18. The van der Waals surface area contributed by atoms with Crippen LogP contribution in [0.15, 0.2) is 15.9 Å². The minimum atomic E-state index is -0.164. The topological polar surface area (TPSA) is 67.2 Å². The third kappa shape index (κ3) is 3.75. The van der Waals surface area contributed by atoms with Crippen LogP contribution in [-0.2, 0) is 13.0 Å². The van der Waals surface area contributed by atoms with Gasteiger partial charge in [0.1, 0.15) is 11.5 Å². The van der Waals surface area contributed by atoms with Gasteiger partial charge in [0.05, 0.1) is 23.3 Å². The zero-order chi connectivity index (χ0) is 16.6. The summed E-state index contributed by atoms with van der Waals surface area (Å²) in [5.74, 6) is 1.90. The predicted molar refractivity (Wildman–Crippen MR) is 90.5 cm³/mol. The van der Waals surface area contributed by atoms with Crippen LogP contribution in [-0.4, -0.2) is 11.0 Å². The van der Waals surface area contributed by atoms with Crippen LogP contribution in [0.5, 0.6) is 0 Å². The van der Waals surface area contributed by atoms with Crippen molar-refractivity contribution in [2.75, 3.05) is 0 Å². The molecule has 0 aliphatic heterocycles. The third-order valence-electron chi connectivity index (χ3n) is 4.14. The van der Waals surface area contributed by atoms with E-state index < -0.39 is 0 Å². The van der Waals surface area contributed by atoms with Gasteiger partial charge in [-0.1, -0.05) is 13.8 Å². The Bertz CT molecular complexity index is 717. The molecule has 124 valence electrons. The summed E-state index contributed by atoms with van der Waals surface area (Å²) in [6.07, 6.45) is 1.82. The number of carbonyl (C=O) groups excluding carboxylic acids is 1. The van der Waals surface area contributed by atoms with Crippen LogP contribution in [0.2, 0.25) is 0 Å². The third-order valence-corrected chi connectivity index (χ3v) is 4.96. The molecular weight excluding hydrogens is 310 g/mol. The Morgan fingerprint density at radius 1 is 1.48 bits per heavy atom. The van der Waals surface area contributed by atoms with Crippen molar-refractivity contribution in [2.45, 2.75) is 53.1 Å². The van der Waals surface area contributed by atoms with Gasteiger partial charge in [0.25, 0.3) is 0 Å². The van der Waals surface area contributed by atoms with Crippen LogP contribution in [0.25, 0.3) is 0 Å². The normalized spacial score (nSPS) is 19.2. The molecule has 1 atom stereocenters. The number of hydrogen-bond acceptors (Lipinski definition) is 4. The van der Waals surface area contributed by atoms with Crippen molar-refractivity contribution < 1.29 is 9.21 Å². The fourth-order valence-corrected chi connectivity index (χ4v) is 3.80. The van der Waals surface area contributed by atoms with Crippen molar-refractivity contribution in [3.05, 3.63) is 39.2 Å². The highest BCUT2D eigenvalue weighted by atomic mass is 32.1. The van der Waals surface area contributed by atoms with Crippen LogP contribution in [0, 0.1) is 19.3 Å². The van der Waals surface area contributed by atoms with E-state index in [1.165, 1.54) is 0 Å². The minimum absolute atomic E-state index is 0.0108. The molecular formula is C17H23N3O2S. The number of hydrogen-bond donors (Lipinski definition) is 2. The molecule has 1 aliphatic rings. The van der Waals surface area contributed by atoms with Gasteiger partial charge in [0.15, 0.2) is 0 Å². The van der Waals surface area contributed by atoms with Crippen LogP contribution in [0.1, 0.15) is 54.1 Å². The van der Waals surface area contributed by atoms with Gasteiger partial charge in [-0.05, 0) is 31.7 Å². The number of rotatable bonds is 3. The van der Waals surface area contributed by atoms with Gasteiger partial charge in [-0.15, -0.1) is 11.3 Å². The van der Waals surface area contributed by atoms with E-state index in [-0.39, 0.29) is 17.5 Å². The standard InChI is InChI=1S/C17H23N3O2S/c1-10-5-13-14(6-17(3,4)7-15(13)22-10)20-16(21)18-8-12-9-23-11(2)19-12/h5,9,14H,6-8H2,1-4H3,(H2,18,20,21)/t14-/m1/s1. The van der Waals surface area contributed by atoms with Gasteiger partial charge >= 0.3 is 6.03 Å². The summed E-state index contributed by atoms with van der Waals surface area (Å²) < 4.78 is 5.81. The lowest BCUT2D eigenvalue weighted by Gasteiger charge is -2.34. The van der Waals surface area contributed by atoms with Gasteiger partial charge in [-0.25, -0.2) is 9.78 Å². The zero-order valence-electron chi connectivity index (χ0n) is 14.0. The average Bonchev–Trinajstić information content (AvgIpc) is 3.00. The Kier molecular flexibility index (Phi) is 4.19. The second-order valence-corrected chi connectivity index (χ2v) is 8.08. The Morgan fingerprint density at radius 3 is 2.96 bits per heavy atom. The molecule has 0 saturated carbocycles. The second-order valence-electron chi connectivity index (χ2n) is 7.02. The first-order valence-electron chi connectivity index (χ1n) is 7.87. The van der Waals surface area contributed by atoms with Crippen LogP contribution in [0.4, 0.5) is 4.79 Å². The first-order valence-corrected chi connectivity index (χ1v) is 8.75. The summed E-state index contributed by atoms with van der Waals surface area (Å²) in [6.45, 7) is 8.77. The molecule has 2 aromatic heterocycles. The number of amides is 2. The highest BCUT2D eigenvalue weighted by Crippen LogP contribution is 2.41. The number of nitrogens with one attached hydrogen (secondary N) is 2. The Morgan fingerprint density at radius 2 is 2.26 bits per heavy atom. The van der Waals surface area contributed by atoms with E-state index in [1.807, 2.05) is 25.3 Å². The monoisotopic (exact) mass is 333 g/mol. The van der Waals surface area contributed by atoms with Crippen LogP contribution < -0.4 is 10.6 Å². The van der Waals surface area contributed by atoms with E-state index in [0.29, 0.717) is 6.54 Å². The number of urea groups is 1. The average molecular weight is 333 g/mol. The quantitative estimate of drug-likeness (QED) is 0.896. The molecule has 2 aromatic rings. The maximum atomic E-state index is 12.2. The highest BCUT2D eigenvalue weighted by molar-refractivity contribution is 7.09. The van der Waals surface area contributed by atoms with Gasteiger partial charge in [-0.3, -0.25) is 0 Å². The summed E-state index contributed by atoms with van der Waals surface area (Å²) in [6, 6.07) is 1.87. The van der Waals surface area contributed by atoms with Crippen LogP contribution >= 0.6 is 11.3 Å². The molecule has 2 N–H and O–H groups in total. The van der Waals surface area contributed by atoms with Crippen molar-refractivity contribution in [1.82, 2.24) is 15.6 Å². The number of nitrogens with zero attached hydrogens (tertiary/aromatic N) is 1. The first kappa shape index (κ1) is 16.1. The number of aromatic nitrogens is 1. The van der Waals surface area contributed by atoms with Gasteiger partial charge in [0, 0.05) is 17.4 Å². The van der Waals surface area contributed by atoms with E-state index in [1.54, 1.807) is 11.3 Å². The molecule has 1 aliphatic carbocycles. The molecule has 0 unspecified atom stereocenters. The molecule has 3 rings (SSSR count). The summed E-state index contributed by atoms with van der Waals surface area (Å²) in [7, 11) is 0. The number of thiazole rings is 1. The Labute approximate surface area is 140 Å². The number of fused-ring (bicyclic) bond motifs is 1. The SMILES string of the molecule is Cc1cc2c(o1)CC(C)(C)C[C@H]2NC(=O)NCc1csc(C)n1. The summed E-state index contributed by atoms with van der Waals surface area (Å²) in [5.41, 5.74) is 2.12.